The Balaban J connectivity index is 1.41. The van der Waals surface area contributed by atoms with E-state index in [0.29, 0.717) is 31.7 Å². The second-order valence-electron chi connectivity index (χ2n) is 7.41. The van der Waals surface area contributed by atoms with Gasteiger partial charge in [0.15, 0.2) is 5.76 Å². The second-order valence-corrected chi connectivity index (χ2v) is 8.39. The molecule has 1 saturated heterocycles. The maximum Gasteiger partial charge on any atom is 0.289 e. The normalized spacial score (nSPS) is 15.8. The Morgan fingerprint density at radius 3 is 2.48 bits per heavy atom. The predicted octanol–water partition coefficient (Wildman–Crippen LogP) is 4.41. The Labute approximate surface area is 174 Å². The summed E-state index contributed by atoms with van der Waals surface area (Å²) in [6, 6.07) is 15.6. The molecule has 1 aromatic carbocycles. The van der Waals surface area contributed by atoms with Crippen molar-refractivity contribution in [1.82, 2.24) is 10.2 Å². The first kappa shape index (κ1) is 19.5. The van der Waals surface area contributed by atoms with Crippen LogP contribution in [-0.4, -0.2) is 29.8 Å². The van der Waals surface area contributed by atoms with Gasteiger partial charge in [0.25, 0.3) is 5.91 Å². The summed E-state index contributed by atoms with van der Waals surface area (Å²) in [5.41, 5.74) is 2.27. The lowest BCUT2D eigenvalue weighted by atomic mass is 9.94. The molecule has 1 aliphatic heterocycles. The van der Waals surface area contributed by atoms with Crippen molar-refractivity contribution in [2.45, 2.75) is 25.8 Å². The number of benzene rings is 1. The molecule has 1 atom stereocenters. The molecule has 0 aliphatic carbocycles. The Morgan fingerprint density at radius 2 is 1.86 bits per heavy atom. The molecule has 2 aromatic heterocycles. The topological polar surface area (TPSA) is 62.6 Å². The van der Waals surface area contributed by atoms with Crippen molar-refractivity contribution in [2.24, 2.45) is 5.92 Å². The second kappa shape index (κ2) is 8.66. The van der Waals surface area contributed by atoms with E-state index in [-0.39, 0.29) is 23.8 Å². The summed E-state index contributed by atoms with van der Waals surface area (Å²) in [5.74, 6) is 0.202. The SMILES string of the molecule is Cc1ccc([C@@H](NC(=O)C2CCN(C(=O)c3ccco3)CC2)c2cccs2)cc1. The number of nitrogens with one attached hydrogen (secondary N) is 1. The monoisotopic (exact) mass is 408 g/mol. The summed E-state index contributed by atoms with van der Waals surface area (Å²) >= 11 is 1.64. The van der Waals surface area contributed by atoms with Gasteiger partial charge in [0.1, 0.15) is 0 Å². The molecule has 29 heavy (non-hydrogen) atoms. The van der Waals surface area contributed by atoms with Crippen LogP contribution in [0.4, 0.5) is 0 Å². The standard InChI is InChI=1S/C23H24N2O3S/c1-16-6-8-17(9-7-16)21(20-5-3-15-29-20)24-22(26)18-10-12-25(13-11-18)23(27)19-4-2-14-28-19/h2-9,14-15,18,21H,10-13H2,1H3,(H,24,26)/t21-/m1/s1. The zero-order chi connectivity index (χ0) is 20.2. The highest BCUT2D eigenvalue weighted by Gasteiger charge is 2.30. The number of hydrogen-bond donors (Lipinski definition) is 1. The number of amides is 2. The molecule has 0 radical (unpaired) electrons. The molecule has 0 unspecified atom stereocenters. The number of furan rings is 1. The predicted molar refractivity (Wildman–Crippen MR) is 113 cm³/mol. The number of thiophene rings is 1. The fourth-order valence-corrected chi connectivity index (χ4v) is 4.50. The molecule has 0 spiro atoms. The number of hydrogen-bond acceptors (Lipinski definition) is 4. The highest BCUT2D eigenvalue weighted by Crippen LogP contribution is 2.28. The number of piperidine rings is 1. The van der Waals surface area contributed by atoms with Crippen molar-refractivity contribution < 1.29 is 14.0 Å². The van der Waals surface area contributed by atoms with Crippen LogP contribution in [0.5, 0.6) is 0 Å². The Kier molecular flexibility index (Phi) is 5.81. The van der Waals surface area contributed by atoms with Crippen molar-refractivity contribution in [3.05, 3.63) is 81.9 Å². The average Bonchev–Trinajstić information content (AvgIpc) is 3.46. The van der Waals surface area contributed by atoms with Crippen LogP contribution in [0.3, 0.4) is 0 Å². The van der Waals surface area contributed by atoms with E-state index in [1.54, 1.807) is 28.4 Å². The van der Waals surface area contributed by atoms with Crippen molar-refractivity contribution in [1.29, 1.82) is 0 Å². The summed E-state index contributed by atoms with van der Waals surface area (Å²) in [7, 11) is 0. The van der Waals surface area contributed by atoms with Crippen molar-refractivity contribution >= 4 is 23.2 Å². The van der Waals surface area contributed by atoms with Crippen molar-refractivity contribution in [3.8, 4) is 0 Å². The Bertz CT molecular complexity index is 941. The summed E-state index contributed by atoms with van der Waals surface area (Å²) in [4.78, 5) is 28.3. The maximum absolute atomic E-state index is 13.0. The van der Waals surface area contributed by atoms with Crippen LogP contribution in [0.25, 0.3) is 0 Å². The molecule has 4 rings (SSSR count). The van der Waals surface area contributed by atoms with Gasteiger partial charge in [-0.3, -0.25) is 9.59 Å². The van der Waals surface area contributed by atoms with Gasteiger partial charge in [-0.1, -0.05) is 35.9 Å². The molecular formula is C23H24N2O3S. The molecule has 1 aliphatic rings. The van der Waals surface area contributed by atoms with Crippen LogP contribution in [0.2, 0.25) is 0 Å². The fourth-order valence-electron chi connectivity index (χ4n) is 3.69. The van der Waals surface area contributed by atoms with Gasteiger partial charge in [-0.2, -0.15) is 0 Å². The third kappa shape index (κ3) is 4.43. The number of nitrogens with zero attached hydrogens (tertiary/aromatic N) is 1. The average molecular weight is 409 g/mol. The number of carbonyl (C=O) groups excluding carboxylic acids is 2. The van der Waals surface area contributed by atoms with Gasteiger partial charge in [0.05, 0.1) is 12.3 Å². The zero-order valence-corrected chi connectivity index (χ0v) is 17.2. The van der Waals surface area contributed by atoms with Gasteiger partial charge in [0, 0.05) is 23.9 Å². The van der Waals surface area contributed by atoms with Crippen LogP contribution in [0.1, 0.15) is 45.4 Å². The van der Waals surface area contributed by atoms with Gasteiger partial charge in [-0.25, -0.2) is 0 Å². The van der Waals surface area contributed by atoms with Crippen LogP contribution >= 0.6 is 11.3 Å². The van der Waals surface area contributed by atoms with Gasteiger partial charge < -0.3 is 14.6 Å². The first-order valence-electron chi connectivity index (χ1n) is 9.85. The van der Waals surface area contributed by atoms with E-state index in [4.69, 9.17) is 4.42 Å². The lowest BCUT2D eigenvalue weighted by Crippen LogP contribution is -2.43. The van der Waals surface area contributed by atoms with Gasteiger partial charge in [0.2, 0.25) is 5.91 Å². The smallest absolute Gasteiger partial charge is 0.289 e. The summed E-state index contributed by atoms with van der Waals surface area (Å²) in [5, 5.41) is 5.28. The first-order chi connectivity index (χ1) is 14.1. The molecule has 0 bridgehead atoms. The van der Waals surface area contributed by atoms with Crippen LogP contribution in [-0.2, 0) is 4.79 Å². The highest BCUT2D eigenvalue weighted by molar-refractivity contribution is 7.10. The number of rotatable bonds is 5. The first-order valence-corrected chi connectivity index (χ1v) is 10.7. The molecule has 5 nitrogen and oxygen atoms in total. The van der Waals surface area contributed by atoms with E-state index >= 15 is 0 Å². The lowest BCUT2D eigenvalue weighted by Gasteiger charge is -2.31. The molecule has 150 valence electrons. The molecule has 3 aromatic rings. The molecule has 0 saturated carbocycles. The molecular weight excluding hydrogens is 384 g/mol. The molecule has 3 heterocycles. The zero-order valence-electron chi connectivity index (χ0n) is 16.3. The van der Waals surface area contributed by atoms with E-state index in [2.05, 4.69) is 42.6 Å². The van der Waals surface area contributed by atoms with Crippen molar-refractivity contribution in [2.75, 3.05) is 13.1 Å². The third-order valence-electron chi connectivity index (χ3n) is 5.41. The molecule has 1 fully saturated rings. The number of carbonyl (C=O) groups is 2. The van der Waals surface area contributed by atoms with Crippen LogP contribution in [0, 0.1) is 12.8 Å². The number of aryl methyl sites for hydroxylation is 1. The minimum Gasteiger partial charge on any atom is -0.459 e. The summed E-state index contributed by atoms with van der Waals surface area (Å²) in [6.45, 7) is 3.18. The van der Waals surface area contributed by atoms with E-state index in [1.807, 2.05) is 11.4 Å². The molecule has 1 N–H and O–H groups in total. The Morgan fingerprint density at radius 1 is 1.10 bits per heavy atom. The lowest BCUT2D eigenvalue weighted by molar-refractivity contribution is -0.126. The van der Waals surface area contributed by atoms with E-state index in [9.17, 15) is 9.59 Å². The quantitative estimate of drug-likeness (QED) is 0.680. The van der Waals surface area contributed by atoms with Gasteiger partial charge >= 0.3 is 0 Å². The van der Waals surface area contributed by atoms with Crippen molar-refractivity contribution in [3.63, 3.8) is 0 Å². The maximum atomic E-state index is 13.0. The highest BCUT2D eigenvalue weighted by atomic mass is 32.1. The summed E-state index contributed by atoms with van der Waals surface area (Å²) < 4.78 is 5.20. The summed E-state index contributed by atoms with van der Waals surface area (Å²) in [6.07, 6.45) is 2.82. The van der Waals surface area contributed by atoms with E-state index in [0.717, 1.165) is 10.4 Å². The van der Waals surface area contributed by atoms with Gasteiger partial charge in [-0.05, 0) is 48.9 Å². The van der Waals surface area contributed by atoms with Crippen LogP contribution < -0.4 is 5.32 Å². The largest absolute Gasteiger partial charge is 0.459 e. The minimum atomic E-state index is -0.147. The Hall–Kier alpha value is -2.86. The van der Waals surface area contributed by atoms with E-state index in [1.165, 1.54) is 11.8 Å². The fraction of sp³-hybridized carbons (Fsp3) is 0.304. The minimum absolute atomic E-state index is 0.0501. The van der Waals surface area contributed by atoms with E-state index < -0.39 is 0 Å². The number of likely N-dealkylation sites (tertiary alicyclic amines) is 1. The third-order valence-corrected chi connectivity index (χ3v) is 6.35. The van der Waals surface area contributed by atoms with Gasteiger partial charge in [-0.15, -0.1) is 11.3 Å². The van der Waals surface area contributed by atoms with Crippen LogP contribution in [0.15, 0.2) is 64.6 Å². The molecule has 6 heteroatoms. The molecule has 2 amide bonds.